The van der Waals surface area contributed by atoms with Gasteiger partial charge in [-0.25, -0.2) is 4.31 Å². The molecule has 1 nitrogen and oxygen atoms in total. The summed E-state index contributed by atoms with van der Waals surface area (Å²) < 4.78 is 2.38. The van der Waals surface area contributed by atoms with Crippen LogP contribution >= 0.6 is 11.9 Å². The van der Waals surface area contributed by atoms with Gasteiger partial charge in [-0.1, -0.05) is 25.5 Å². The number of piperidine rings is 1. The summed E-state index contributed by atoms with van der Waals surface area (Å²) in [5.74, 6) is 0.932. The van der Waals surface area contributed by atoms with Crippen LogP contribution in [0.5, 0.6) is 0 Å². The van der Waals surface area contributed by atoms with Crippen molar-refractivity contribution in [2.45, 2.75) is 19.8 Å². The highest BCUT2D eigenvalue weighted by Crippen LogP contribution is 2.21. The van der Waals surface area contributed by atoms with Crippen LogP contribution in [0.2, 0.25) is 0 Å². The van der Waals surface area contributed by atoms with Crippen LogP contribution in [0.3, 0.4) is 0 Å². The summed E-state index contributed by atoms with van der Waals surface area (Å²) in [5.41, 5.74) is 0. The Morgan fingerprint density at radius 2 is 2.10 bits per heavy atom. The molecule has 1 rings (SSSR count). The summed E-state index contributed by atoms with van der Waals surface area (Å²) in [6.07, 6.45) is 2.70. The lowest BCUT2D eigenvalue weighted by Crippen LogP contribution is -2.26. The van der Waals surface area contributed by atoms with Gasteiger partial charge in [0.05, 0.1) is 0 Å². The van der Waals surface area contributed by atoms with Crippen molar-refractivity contribution in [2.24, 2.45) is 5.92 Å². The first-order valence-electron chi connectivity index (χ1n) is 3.85. The van der Waals surface area contributed by atoms with Crippen molar-refractivity contribution in [1.82, 2.24) is 4.31 Å². The first-order chi connectivity index (χ1) is 4.83. The van der Waals surface area contributed by atoms with E-state index in [0.717, 1.165) is 5.92 Å². The molecule has 0 unspecified atom stereocenters. The maximum absolute atomic E-state index is 3.70. The fourth-order valence-corrected chi connectivity index (χ4v) is 1.83. The largest absolute Gasteiger partial charge is 0.247 e. The normalized spacial score (nSPS) is 22.9. The van der Waals surface area contributed by atoms with Crippen LogP contribution in [0.1, 0.15) is 19.8 Å². The molecule has 1 fully saturated rings. The van der Waals surface area contributed by atoms with Crippen LogP contribution in [-0.4, -0.2) is 17.4 Å². The Kier molecular flexibility index (Phi) is 3.29. The number of rotatable bonds is 2. The molecule has 1 heterocycles. The molecule has 2 heteroatoms. The van der Waals surface area contributed by atoms with E-state index in [4.69, 9.17) is 0 Å². The molecule has 58 valence electrons. The Hall–Kier alpha value is 0.0500. The standard InChI is InChI=1S/C8H15NS/c1-3-10-9-6-4-8(2)5-7-9/h3,8H,1,4-7H2,2H3. The van der Waals surface area contributed by atoms with Gasteiger partial charge in [0.1, 0.15) is 0 Å². The Bertz CT molecular complexity index is 106. The van der Waals surface area contributed by atoms with Gasteiger partial charge in [0.2, 0.25) is 0 Å². The lowest BCUT2D eigenvalue weighted by atomic mass is 10.0. The van der Waals surface area contributed by atoms with Crippen molar-refractivity contribution in [1.29, 1.82) is 0 Å². The van der Waals surface area contributed by atoms with Crippen molar-refractivity contribution in [3.63, 3.8) is 0 Å². The first-order valence-corrected chi connectivity index (χ1v) is 4.69. The van der Waals surface area contributed by atoms with E-state index in [2.05, 4.69) is 17.8 Å². The summed E-state index contributed by atoms with van der Waals surface area (Å²) in [5, 5.41) is 1.91. The summed E-state index contributed by atoms with van der Waals surface area (Å²) in [6.45, 7) is 8.49. The second kappa shape index (κ2) is 4.04. The number of hydrogen-bond acceptors (Lipinski definition) is 2. The van der Waals surface area contributed by atoms with Gasteiger partial charge >= 0.3 is 0 Å². The molecule has 0 aliphatic carbocycles. The maximum atomic E-state index is 3.70. The first kappa shape index (κ1) is 8.15. The maximum Gasteiger partial charge on any atom is 0.00949 e. The van der Waals surface area contributed by atoms with Gasteiger partial charge in [0.15, 0.2) is 0 Å². The molecule has 1 aliphatic rings. The Balaban J connectivity index is 2.19. The van der Waals surface area contributed by atoms with Gasteiger partial charge in [-0.2, -0.15) is 0 Å². The van der Waals surface area contributed by atoms with Gasteiger partial charge in [0, 0.05) is 13.1 Å². The van der Waals surface area contributed by atoms with Gasteiger partial charge in [-0.05, 0) is 24.2 Å². The zero-order chi connectivity index (χ0) is 7.40. The van der Waals surface area contributed by atoms with Crippen LogP contribution in [-0.2, 0) is 0 Å². The molecule has 0 spiro atoms. The third-order valence-corrected chi connectivity index (χ3v) is 2.78. The molecular weight excluding hydrogens is 142 g/mol. The molecule has 0 N–H and O–H groups in total. The average Bonchev–Trinajstić information content (AvgIpc) is 1.95. The second-order valence-electron chi connectivity index (χ2n) is 2.88. The summed E-state index contributed by atoms with van der Waals surface area (Å²) >= 11 is 1.75. The summed E-state index contributed by atoms with van der Waals surface area (Å²) in [6, 6.07) is 0. The lowest BCUT2D eigenvalue weighted by Gasteiger charge is -2.27. The molecule has 0 atom stereocenters. The van der Waals surface area contributed by atoms with Crippen molar-refractivity contribution >= 4 is 11.9 Å². The van der Waals surface area contributed by atoms with Crippen molar-refractivity contribution < 1.29 is 0 Å². The van der Waals surface area contributed by atoms with Crippen LogP contribution in [0, 0.1) is 5.92 Å². The monoisotopic (exact) mass is 157 g/mol. The van der Waals surface area contributed by atoms with E-state index in [9.17, 15) is 0 Å². The van der Waals surface area contributed by atoms with E-state index in [0.29, 0.717) is 0 Å². The fraction of sp³-hybridized carbons (Fsp3) is 0.750. The van der Waals surface area contributed by atoms with E-state index in [1.54, 1.807) is 11.9 Å². The molecular formula is C8H15NS. The molecule has 1 saturated heterocycles. The molecule has 1 aliphatic heterocycles. The fourth-order valence-electron chi connectivity index (χ4n) is 1.20. The van der Waals surface area contributed by atoms with E-state index in [1.165, 1.54) is 25.9 Å². The van der Waals surface area contributed by atoms with Crippen LogP contribution in [0.25, 0.3) is 0 Å². The zero-order valence-electron chi connectivity index (χ0n) is 6.55. The molecule has 0 amide bonds. The third-order valence-electron chi connectivity index (χ3n) is 1.97. The van der Waals surface area contributed by atoms with Gasteiger partial charge in [0.25, 0.3) is 0 Å². The molecule has 0 saturated carbocycles. The van der Waals surface area contributed by atoms with Crippen LogP contribution in [0.4, 0.5) is 0 Å². The molecule has 10 heavy (non-hydrogen) atoms. The Labute approximate surface area is 67.6 Å². The Morgan fingerprint density at radius 3 is 2.60 bits per heavy atom. The second-order valence-corrected chi connectivity index (χ2v) is 3.94. The average molecular weight is 157 g/mol. The highest BCUT2D eigenvalue weighted by atomic mass is 32.2. The van der Waals surface area contributed by atoms with Crippen LogP contribution < -0.4 is 0 Å². The number of hydrogen-bond donors (Lipinski definition) is 0. The van der Waals surface area contributed by atoms with Gasteiger partial charge < -0.3 is 0 Å². The smallest absolute Gasteiger partial charge is 0.00949 e. The predicted octanol–water partition coefficient (Wildman–Crippen LogP) is 2.51. The molecule has 0 bridgehead atoms. The SMILES string of the molecule is C=CSN1CCC(C)CC1. The zero-order valence-corrected chi connectivity index (χ0v) is 7.36. The van der Waals surface area contributed by atoms with Crippen LogP contribution in [0.15, 0.2) is 12.0 Å². The summed E-state index contributed by atoms with van der Waals surface area (Å²) in [7, 11) is 0. The van der Waals surface area contributed by atoms with E-state index < -0.39 is 0 Å². The number of nitrogens with zero attached hydrogens (tertiary/aromatic N) is 1. The van der Waals surface area contributed by atoms with Crippen molar-refractivity contribution in [3.8, 4) is 0 Å². The quantitative estimate of drug-likeness (QED) is 0.567. The van der Waals surface area contributed by atoms with Gasteiger partial charge in [-0.3, -0.25) is 0 Å². The van der Waals surface area contributed by atoms with E-state index in [1.807, 2.05) is 5.41 Å². The van der Waals surface area contributed by atoms with Crippen molar-refractivity contribution in [3.05, 3.63) is 12.0 Å². The Morgan fingerprint density at radius 1 is 1.50 bits per heavy atom. The summed E-state index contributed by atoms with van der Waals surface area (Å²) in [4.78, 5) is 0. The van der Waals surface area contributed by atoms with Crippen molar-refractivity contribution in [2.75, 3.05) is 13.1 Å². The highest BCUT2D eigenvalue weighted by molar-refractivity contribution is 7.99. The molecule has 0 aromatic carbocycles. The topological polar surface area (TPSA) is 3.24 Å². The highest BCUT2D eigenvalue weighted by Gasteiger charge is 2.14. The van der Waals surface area contributed by atoms with E-state index >= 15 is 0 Å². The molecule has 0 aromatic rings. The minimum absolute atomic E-state index is 0.932. The molecule has 0 radical (unpaired) electrons. The van der Waals surface area contributed by atoms with Gasteiger partial charge in [-0.15, -0.1) is 0 Å². The minimum Gasteiger partial charge on any atom is -0.247 e. The van der Waals surface area contributed by atoms with E-state index in [-0.39, 0.29) is 0 Å². The minimum atomic E-state index is 0.932. The lowest BCUT2D eigenvalue weighted by molar-refractivity contribution is 0.309. The molecule has 0 aromatic heterocycles. The third kappa shape index (κ3) is 2.35. The predicted molar refractivity (Wildman–Crippen MR) is 47.8 cm³/mol.